The van der Waals surface area contributed by atoms with Crippen molar-refractivity contribution in [2.24, 2.45) is 0 Å². The van der Waals surface area contributed by atoms with Gasteiger partial charge >= 0.3 is 17.9 Å². The Bertz CT molecular complexity index is 955. The van der Waals surface area contributed by atoms with Crippen molar-refractivity contribution >= 4 is 17.9 Å². The lowest BCUT2D eigenvalue weighted by Gasteiger charge is -2.25. The van der Waals surface area contributed by atoms with Crippen LogP contribution in [0, 0.1) is 0 Å². The maximum absolute atomic E-state index is 12.7. The maximum Gasteiger partial charge on any atom is 0.361 e. The fraction of sp³-hybridized carbons (Fsp3) is 0.791. The molecule has 0 amide bonds. The lowest BCUT2D eigenvalue weighted by molar-refractivity contribution is -0.870. The zero-order chi connectivity index (χ0) is 38.5. The number of quaternary nitrogens is 1. The van der Waals surface area contributed by atoms with E-state index in [0.29, 0.717) is 17.4 Å². The molecule has 52 heavy (non-hydrogen) atoms. The van der Waals surface area contributed by atoms with Gasteiger partial charge in [0.15, 0.2) is 6.10 Å². The third kappa shape index (κ3) is 35.9. The van der Waals surface area contributed by atoms with E-state index in [1.807, 2.05) is 21.1 Å². The van der Waals surface area contributed by atoms with E-state index in [9.17, 15) is 19.5 Å². The average molecular weight is 737 g/mol. The van der Waals surface area contributed by atoms with Crippen LogP contribution in [-0.2, 0) is 33.3 Å². The number of ether oxygens (including phenoxy) is 4. The smallest absolute Gasteiger partial charge is 0.361 e. The first-order chi connectivity index (χ1) is 25.1. The molecule has 0 rings (SSSR count). The second-order valence-corrected chi connectivity index (χ2v) is 14.9. The molecule has 302 valence electrons. The molecule has 0 bridgehead atoms. The predicted molar refractivity (Wildman–Crippen MR) is 212 cm³/mol. The van der Waals surface area contributed by atoms with E-state index in [2.05, 4.69) is 50.3 Å². The van der Waals surface area contributed by atoms with Crippen LogP contribution in [0.25, 0.3) is 0 Å². The quantitative estimate of drug-likeness (QED) is 0.0221. The highest BCUT2D eigenvalue weighted by atomic mass is 16.7. The summed E-state index contributed by atoms with van der Waals surface area (Å²) >= 11 is 0. The Kier molecular flexibility index (Phi) is 33.8. The van der Waals surface area contributed by atoms with Crippen LogP contribution in [0.1, 0.15) is 162 Å². The van der Waals surface area contributed by atoms with E-state index in [1.54, 1.807) is 0 Å². The molecule has 0 aliphatic rings. The number of likely N-dealkylation sites (N-methyl/N-ethyl adjacent to an activating group) is 1. The Morgan fingerprint density at radius 2 is 1.08 bits per heavy atom. The Hall–Kier alpha value is -2.49. The Morgan fingerprint density at radius 3 is 1.62 bits per heavy atom. The number of unbranched alkanes of at least 4 members (excludes halogenated alkanes) is 16. The highest BCUT2D eigenvalue weighted by Crippen LogP contribution is 2.13. The lowest BCUT2D eigenvalue weighted by Crippen LogP contribution is -2.40. The van der Waals surface area contributed by atoms with Crippen LogP contribution >= 0.6 is 0 Å². The van der Waals surface area contributed by atoms with Crippen LogP contribution < -0.4 is 0 Å². The fourth-order valence-corrected chi connectivity index (χ4v) is 5.34. The molecule has 0 aromatic heterocycles. The first-order valence-corrected chi connectivity index (χ1v) is 20.7. The van der Waals surface area contributed by atoms with Crippen molar-refractivity contribution in [1.29, 1.82) is 0 Å². The van der Waals surface area contributed by atoms with Gasteiger partial charge in [-0.15, -0.1) is 0 Å². The van der Waals surface area contributed by atoms with E-state index in [1.165, 1.54) is 51.4 Å². The van der Waals surface area contributed by atoms with E-state index in [-0.39, 0.29) is 38.6 Å². The van der Waals surface area contributed by atoms with Gasteiger partial charge in [-0.3, -0.25) is 9.59 Å². The molecule has 0 radical (unpaired) electrons. The Morgan fingerprint density at radius 1 is 0.577 bits per heavy atom. The number of hydrogen-bond donors (Lipinski definition) is 1. The lowest BCUT2D eigenvalue weighted by atomic mass is 10.1. The monoisotopic (exact) mass is 737 g/mol. The molecule has 0 aromatic carbocycles. The number of nitrogens with zero attached hydrogens (tertiary/aromatic N) is 1. The van der Waals surface area contributed by atoms with Crippen molar-refractivity contribution in [3.8, 4) is 0 Å². The molecule has 0 spiro atoms. The molecule has 9 nitrogen and oxygen atoms in total. The van der Waals surface area contributed by atoms with Crippen molar-refractivity contribution in [1.82, 2.24) is 0 Å². The number of esters is 2. The first kappa shape index (κ1) is 49.5. The first-order valence-electron chi connectivity index (χ1n) is 20.7. The average Bonchev–Trinajstić information content (AvgIpc) is 3.09. The molecule has 0 heterocycles. The summed E-state index contributed by atoms with van der Waals surface area (Å²) in [5.41, 5.74) is 0. The number of carboxylic acid groups (broad SMARTS) is 1. The van der Waals surface area contributed by atoms with Gasteiger partial charge < -0.3 is 28.5 Å². The summed E-state index contributed by atoms with van der Waals surface area (Å²) in [6.07, 6.45) is 34.9. The molecule has 0 aromatic rings. The molecule has 9 heteroatoms. The van der Waals surface area contributed by atoms with Crippen LogP contribution in [-0.4, -0.2) is 87.4 Å². The molecule has 0 aliphatic heterocycles. The summed E-state index contributed by atoms with van der Waals surface area (Å²) in [4.78, 5) is 36.9. The molecule has 2 unspecified atom stereocenters. The van der Waals surface area contributed by atoms with Crippen molar-refractivity contribution in [2.45, 2.75) is 174 Å². The second-order valence-electron chi connectivity index (χ2n) is 14.9. The van der Waals surface area contributed by atoms with E-state index in [4.69, 9.17) is 18.9 Å². The highest BCUT2D eigenvalue weighted by Gasteiger charge is 2.25. The normalized spacial score (nSPS) is 13.3. The zero-order valence-corrected chi connectivity index (χ0v) is 34.0. The van der Waals surface area contributed by atoms with Gasteiger partial charge in [0.25, 0.3) is 6.29 Å². The standard InChI is InChI=1S/C43H77NO8/c1-6-8-10-12-14-16-18-19-20-21-22-23-24-26-28-30-32-34-41(46)52-39(38-51-43(42(47)48)49-36-35-44(3,4)5)37-50-40(45)33-31-29-27-25-17-15-13-11-9-7-2/h11,13-14,16,19-20,39,43H,6-10,12,15,17-18,21-38H2,1-5H3/p+1/b13-11-,16-14-,20-19-. The van der Waals surface area contributed by atoms with Gasteiger partial charge in [-0.05, 0) is 64.2 Å². The van der Waals surface area contributed by atoms with Gasteiger partial charge in [0, 0.05) is 12.8 Å². The Balaban J connectivity index is 4.49. The zero-order valence-electron chi connectivity index (χ0n) is 34.0. The number of carboxylic acids is 1. The third-order valence-corrected chi connectivity index (χ3v) is 8.60. The summed E-state index contributed by atoms with van der Waals surface area (Å²) in [6, 6.07) is 0. The fourth-order valence-electron chi connectivity index (χ4n) is 5.34. The van der Waals surface area contributed by atoms with Crippen molar-refractivity contribution < 1.29 is 42.9 Å². The van der Waals surface area contributed by atoms with Gasteiger partial charge in [0.2, 0.25) is 0 Å². The summed E-state index contributed by atoms with van der Waals surface area (Å²) in [5, 5.41) is 9.60. The number of carbonyl (C=O) groups is 3. The van der Waals surface area contributed by atoms with Gasteiger partial charge in [-0.2, -0.15) is 0 Å². The molecule has 0 saturated heterocycles. The van der Waals surface area contributed by atoms with Crippen LogP contribution in [0.4, 0.5) is 0 Å². The minimum atomic E-state index is -1.51. The topological polar surface area (TPSA) is 108 Å². The van der Waals surface area contributed by atoms with Crippen LogP contribution in [0.2, 0.25) is 0 Å². The molecule has 1 N–H and O–H groups in total. The SMILES string of the molecule is CCC/C=C\CCCCCCCC(=O)OCC(COC(OCC[N+](C)(C)C)C(=O)O)OC(=O)CCCCCCCCC/C=C\C/C=C\CCCCC. The van der Waals surface area contributed by atoms with Crippen molar-refractivity contribution in [3.05, 3.63) is 36.5 Å². The van der Waals surface area contributed by atoms with Crippen molar-refractivity contribution in [2.75, 3.05) is 47.5 Å². The van der Waals surface area contributed by atoms with E-state index >= 15 is 0 Å². The Labute approximate surface area is 318 Å². The summed E-state index contributed by atoms with van der Waals surface area (Å²) in [5.74, 6) is -2.04. The van der Waals surface area contributed by atoms with E-state index in [0.717, 1.165) is 77.0 Å². The van der Waals surface area contributed by atoms with E-state index < -0.39 is 24.3 Å². The summed E-state index contributed by atoms with van der Waals surface area (Å²) in [7, 11) is 5.94. The summed E-state index contributed by atoms with van der Waals surface area (Å²) < 4.78 is 22.6. The van der Waals surface area contributed by atoms with Crippen LogP contribution in [0.15, 0.2) is 36.5 Å². The van der Waals surface area contributed by atoms with Gasteiger partial charge in [-0.25, -0.2) is 4.79 Å². The van der Waals surface area contributed by atoms with Gasteiger partial charge in [0.05, 0.1) is 34.4 Å². The molecule has 0 fully saturated rings. The summed E-state index contributed by atoms with van der Waals surface area (Å²) in [6.45, 7) is 4.74. The minimum absolute atomic E-state index is 0.184. The maximum atomic E-state index is 12.7. The van der Waals surface area contributed by atoms with Gasteiger partial charge in [-0.1, -0.05) is 121 Å². The number of carbonyl (C=O) groups excluding carboxylic acids is 2. The van der Waals surface area contributed by atoms with Crippen LogP contribution in [0.5, 0.6) is 0 Å². The van der Waals surface area contributed by atoms with Crippen LogP contribution in [0.3, 0.4) is 0 Å². The third-order valence-electron chi connectivity index (χ3n) is 8.60. The number of allylic oxidation sites excluding steroid dienone is 6. The number of rotatable bonds is 37. The predicted octanol–water partition coefficient (Wildman–Crippen LogP) is 10.3. The molecule has 0 saturated carbocycles. The molecule has 0 aliphatic carbocycles. The number of aliphatic carboxylic acids is 1. The molecule has 2 atom stereocenters. The minimum Gasteiger partial charge on any atom is -0.477 e. The molecular weight excluding hydrogens is 658 g/mol. The highest BCUT2D eigenvalue weighted by molar-refractivity contribution is 5.71. The van der Waals surface area contributed by atoms with Crippen molar-refractivity contribution in [3.63, 3.8) is 0 Å². The van der Waals surface area contributed by atoms with Gasteiger partial charge in [0.1, 0.15) is 13.2 Å². The number of hydrogen-bond acceptors (Lipinski definition) is 7. The molecular formula is C43H78NO8+. The largest absolute Gasteiger partial charge is 0.477 e. The second kappa shape index (κ2) is 35.5.